The first-order chi connectivity index (χ1) is 14.4. The van der Waals surface area contributed by atoms with Gasteiger partial charge in [-0.2, -0.15) is 4.98 Å². The molecule has 2 aromatic heterocycles. The van der Waals surface area contributed by atoms with Crippen LogP contribution in [0.5, 0.6) is 5.88 Å². The van der Waals surface area contributed by atoms with Crippen molar-refractivity contribution in [2.24, 2.45) is 17.3 Å². The summed E-state index contributed by atoms with van der Waals surface area (Å²) in [4.78, 5) is 41.5. The SMILES string of the molecule is COc1cnc2nc(C(=O)C(C)(C)C)n(CC(=O)N(CCC(C)C)CCC(C)C)c2n1. The largest absolute Gasteiger partial charge is 0.480 e. The quantitative estimate of drug-likeness (QED) is 0.529. The number of ether oxygens (including phenoxy) is 1. The number of ketones is 1. The lowest BCUT2D eigenvalue weighted by Crippen LogP contribution is -2.37. The van der Waals surface area contributed by atoms with Crippen molar-refractivity contribution >= 4 is 23.0 Å². The van der Waals surface area contributed by atoms with Gasteiger partial charge in [-0.15, -0.1) is 0 Å². The topological polar surface area (TPSA) is 90.2 Å². The average molecular weight is 432 g/mol. The van der Waals surface area contributed by atoms with Gasteiger partial charge in [0, 0.05) is 18.5 Å². The van der Waals surface area contributed by atoms with Crippen LogP contribution in [0.25, 0.3) is 11.3 Å². The first kappa shape index (κ1) is 24.8. The Morgan fingerprint density at radius 1 is 1.06 bits per heavy atom. The minimum atomic E-state index is -0.652. The Morgan fingerprint density at radius 3 is 2.13 bits per heavy atom. The van der Waals surface area contributed by atoms with Crippen molar-refractivity contribution in [2.45, 2.75) is 67.9 Å². The van der Waals surface area contributed by atoms with E-state index in [4.69, 9.17) is 4.74 Å². The van der Waals surface area contributed by atoms with E-state index in [0.29, 0.717) is 42.1 Å². The molecule has 0 aliphatic heterocycles. The Hall–Kier alpha value is -2.51. The number of methoxy groups -OCH3 is 1. The molecule has 172 valence electrons. The fourth-order valence-corrected chi connectivity index (χ4v) is 3.06. The average Bonchev–Trinajstić information content (AvgIpc) is 3.03. The van der Waals surface area contributed by atoms with Crippen LogP contribution >= 0.6 is 0 Å². The number of amides is 1. The van der Waals surface area contributed by atoms with E-state index in [-0.39, 0.29) is 24.1 Å². The number of Topliss-reactive ketones (excluding diaryl/α,β-unsaturated/α-hetero) is 1. The number of hydrogen-bond donors (Lipinski definition) is 0. The van der Waals surface area contributed by atoms with Crippen LogP contribution in [0.2, 0.25) is 0 Å². The van der Waals surface area contributed by atoms with Crippen molar-refractivity contribution in [3.63, 3.8) is 0 Å². The predicted molar refractivity (Wildman–Crippen MR) is 121 cm³/mol. The second kappa shape index (κ2) is 10.2. The lowest BCUT2D eigenvalue weighted by atomic mass is 9.90. The number of imidazole rings is 1. The van der Waals surface area contributed by atoms with Crippen LogP contribution in [0, 0.1) is 17.3 Å². The zero-order valence-corrected chi connectivity index (χ0v) is 20.2. The molecule has 0 atom stereocenters. The fourth-order valence-electron chi connectivity index (χ4n) is 3.06. The number of carbonyl (C=O) groups excluding carboxylic acids is 2. The number of rotatable bonds is 10. The highest BCUT2D eigenvalue weighted by Crippen LogP contribution is 2.24. The van der Waals surface area contributed by atoms with Crippen LogP contribution in [0.1, 0.15) is 71.9 Å². The molecule has 0 saturated heterocycles. The third-order valence-corrected chi connectivity index (χ3v) is 5.13. The van der Waals surface area contributed by atoms with E-state index in [1.807, 2.05) is 25.7 Å². The third-order valence-electron chi connectivity index (χ3n) is 5.13. The van der Waals surface area contributed by atoms with E-state index < -0.39 is 5.41 Å². The standard InChI is InChI=1S/C23H37N5O3/c1-15(2)9-11-27(12-10-16(3)4)18(29)14-28-21(19(30)23(5,6)7)26-20-22(28)25-17(31-8)13-24-20/h13,15-16H,9-12,14H2,1-8H3. The van der Waals surface area contributed by atoms with E-state index >= 15 is 0 Å². The Bertz CT molecular complexity index is 900. The molecule has 0 aliphatic rings. The van der Waals surface area contributed by atoms with Crippen molar-refractivity contribution < 1.29 is 14.3 Å². The van der Waals surface area contributed by atoms with Crippen molar-refractivity contribution in [1.29, 1.82) is 0 Å². The van der Waals surface area contributed by atoms with Gasteiger partial charge in [-0.3, -0.25) is 14.2 Å². The van der Waals surface area contributed by atoms with E-state index in [1.165, 1.54) is 13.3 Å². The first-order valence-corrected chi connectivity index (χ1v) is 11.0. The van der Waals surface area contributed by atoms with Crippen LogP contribution in [0.15, 0.2) is 6.20 Å². The molecule has 0 radical (unpaired) electrons. The van der Waals surface area contributed by atoms with E-state index in [9.17, 15) is 9.59 Å². The summed E-state index contributed by atoms with van der Waals surface area (Å²) >= 11 is 0. The summed E-state index contributed by atoms with van der Waals surface area (Å²) in [5.41, 5.74) is 0.0615. The molecule has 0 saturated carbocycles. The Balaban J connectivity index is 2.45. The molecule has 2 aromatic rings. The molecule has 0 spiro atoms. The van der Waals surface area contributed by atoms with Gasteiger partial charge in [-0.25, -0.2) is 9.97 Å². The van der Waals surface area contributed by atoms with Gasteiger partial charge in [0.25, 0.3) is 0 Å². The second-order valence-corrected chi connectivity index (χ2v) is 9.91. The maximum Gasteiger partial charge on any atom is 0.242 e. The molecular formula is C23H37N5O3. The zero-order valence-electron chi connectivity index (χ0n) is 20.2. The summed E-state index contributed by atoms with van der Waals surface area (Å²) in [5.74, 6) is 1.31. The lowest BCUT2D eigenvalue weighted by Gasteiger charge is -2.25. The highest BCUT2D eigenvalue weighted by molar-refractivity contribution is 5.99. The molecule has 8 nitrogen and oxygen atoms in total. The number of fused-ring (bicyclic) bond motifs is 1. The second-order valence-electron chi connectivity index (χ2n) is 9.91. The van der Waals surface area contributed by atoms with Crippen LogP contribution in [0.3, 0.4) is 0 Å². The van der Waals surface area contributed by atoms with E-state index in [0.717, 1.165) is 12.8 Å². The van der Waals surface area contributed by atoms with Crippen LogP contribution in [-0.4, -0.2) is 56.3 Å². The molecule has 31 heavy (non-hydrogen) atoms. The number of aromatic nitrogens is 4. The molecule has 0 unspecified atom stereocenters. The molecular weight excluding hydrogens is 394 g/mol. The van der Waals surface area contributed by atoms with Gasteiger partial charge in [-0.05, 0) is 24.7 Å². The number of carbonyl (C=O) groups is 2. The molecule has 2 rings (SSSR count). The molecule has 8 heteroatoms. The summed E-state index contributed by atoms with van der Waals surface area (Å²) in [6.45, 7) is 15.5. The monoisotopic (exact) mass is 431 g/mol. The van der Waals surface area contributed by atoms with Gasteiger partial charge in [0.1, 0.15) is 6.54 Å². The minimum absolute atomic E-state index is 0.00824. The van der Waals surface area contributed by atoms with Gasteiger partial charge in [-0.1, -0.05) is 48.5 Å². The summed E-state index contributed by atoms with van der Waals surface area (Å²) in [7, 11) is 1.50. The Kier molecular flexibility index (Phi) is 8.14. The van der Waals surface area contributed by atoms with Crippen molar-refractivity contribution in [1.82, 2.24) is 24.4 Å². The smallest absolute Gasteiger partial charge is 0.242 e. The highest BCUT2D eigenvalue weighted by Gasteiger charge is 2.30. The van der Waals surface area contributed by atoms with Crippen molar-refractivity contribution in [3.05, 3.63) is 12.0 Å². The third kappa shape index (κ3) is 6.48. The van der Waals surface area contributed by atoms with Gasteiger partial charge in [0.15, 0.2) is 17.1 Å². The molecule has 0 aliphatic carbocycles. The molecule has 2 heterocycles. The van der Waals surface area contributed by atoms with Gasteiger partial charge in [0.05, 0.1) is 13.3 Å². The van der Waals surface area contributed by atoms with Gasteiger partial charge in [0.2, 0.25) is 17.6 Å². The lowest BCUT2D eigenvalue weighted by molar-refractivity contribution is -0.132. The maximum absolute atomic E-state index is 13.3. The van der Waals surface area contributed by atoms with Crippen LogP contribution in [-0.2, 0) is 11.3 Å². The fraction of sp³-hybridized carbons (Fsp3) is 0.696. The number of hydrogen-bond acceptors (Lipinski definition) is 6. The minimum Gasteiger partial charge on any atom is -0.480 e. The van der Waals surface area contributed by atoms with E-state index in [2.05, 4.69) is 42.6 Å². The van der Waals surface area contributed by atoms with Crippen LogP contribution < -0.4 is 4.74 Å². The highest BCUT2D eigenvalue weighted by atomic mass is 16.5. The molecule has 0 aromatic carbocycles. The normalized spacial score (nSPS) is 12.1. The Morgan fingerprint density at radius 2 is 1.65 bits per heavy atom. The van der Waals surface area contributed by atoms with Crippen molar-refractivity contribution in [3.8, 4) is 5.88 Å². The van der Waals surface area contributed by atoms with Crippen LogP contribution in [0.4, 0.5) is 0 Å². The zero-order chi connectivity index (χ0) is 23.3. The first-order valence-electron chi connectivity index (χ1n) is 11.0. The Labute approximate surface area is 185 Å². The molecule has 0 N–H and O–H groups in total. The van der Waals surface area contributed by atoms with Gasteiger partial charge < -0.3 is 9.64 Å². The number of nitrogens with zero attached hydrogens (tertiary/aromatic N) is 5. The molecule has 1 amide bonds. The predicted octanol–water partition coefficient (Wildman–Crippen LogP) is 3.98. The molecule has 0 fully saturated rings. The molecule has 0 bridgehead atoms. The summed E-state index contributed by atoms with van der Waals surface area (Å²) in [6.07, 6.45) is 3.32. The summed E-state index contributed by atoms with van der Waals surface area (Å²) < 4.78 is 6.80. The van der Waals surface area contributed by atoms with E-state index in [1.54, 1.807) is 4.57 Å². The summed E-state index contributed by atoms with van der Waals surface area (Å²) in [5, 5.41) is 0. The maximum atomic E-state index is 13.3. The van der Waals surface area contributed by atoms with Gasteiger partial charge >= 0.3 is 0 Å². The summed E-state index contributed by atoms with van der Waals surface area (Å²) in [6, 6.07) is 0. The van der Waals surface area contributed by atoms with Crippen molar-refractivity contribution in [2.75, 3.05) is 20.2 Å².